The molecular weight excluding hydrogens is 302 g/mol. The average Bonchev–Trinajstić information content (AvgIpc) is 3.23. The van der Waals surface area contributed by atoms with Crippen LogP contribution in [0, 0.1) is 18.8 Å². The van der Waals surface area contributed by atoms with Gasteiger partial charge in [-0.1, -0.05) is 44.2 Å². The van der Waals surface area contributed by atoms with E-state index in [2.05, 4.69) is 22.4 Å². The van der Waals surface area contributed by atoms with Gasteiger partial charge in [-0.15, -0.1) is 0 Å². The molecule has 1 aromatic rings. The quantitative estimate of drug-likeness (QED) is 0.844. The van der Waals surface area contributed by atoms with Crippen LogP contribution >= 0.6 is 0 Å². The van der Waals surface area contributed by atoms with Crippen LogP contribution in [0.4, 0.5) is 0 Å². The molecule has 0 aromatic carbocycles. The summed E-state index contributed by atoms with van der Waals surface area (Å²) in [6.45, 7) is 4.05. The van der Waals surface area contributed by atoms with Crippen LogP contribution in [0.25, 0.3) is 0 Å². The van der Waals surface area contributed by atoms with Crippen molar-refractivity contribution < 1.29 is 9.32 Å². The van der Waals surface area contributed by atoms with Gasteiger partial charge in [0.05, 0.1) is 0 Å². The maximum absolute atomic E-state index is 12.9. The topological polar surface area (TPSA) is 68.0 Å². The molecule has 5 heteroatoms. The van der Waals surface area contributed by atoms with Crippen LogP contribution in [0.1, 0.15) is 89.3 Å². The molecule has 0 spiro atoms. The maximum Gasteiger partial charge on any atom is 0.223 e. The van der Waals surface area contributed by atoms with E-state index in [0.717, 1.165) is 44.4 Å². The van der Waals surface area contributed by atoms with Crippen LogP contribution in [0.3, 0.4) is 0 Å². The second-order valence-corrected chi connectivity index (χ2v) is 7.78. The monoisotopic (exact) mass is 333 g/mol. The summed E-state index contributed by atoms with van der Waals surface area (Å²) in [4.78, 5) is 17.3. The van der Waals surface area contributed by atoms with Crippen molar-refractivity contribution in [2.75, 3.05) is 0 Å². The van der Waals surface area contributed by atoms with Gasteiger partial charge in [0.2, 0.25) is 11.8 Å². The van der Waals surface area contributed by atoms with Crippen molar-refractivity contribution in [1.29, 1.82) is 0 Å². The first kappa shape index (κ1) is 17.4. The highest BCUT2D eigenvalue weighted by atomic mass is 16.5. The van der Waals surface area contributed by atoms with Crippen molar-refractivity contribution in [1.82, 2.24) is 15.5 Å². The van der Waals surface area contributed by atoms with Gasteiger partial charge in [0.15, 0.2) is 5.82 Å². The molecule has 2 aliphatic rings. The van der Waals surface area contributed by atoms with Crippen LogP contribution in [0.15, 0.2) is 4.52 Å². The van der Waals surface area contributed by atoms with Crippen molar-refractivity contribution in [2.45, 2.75) is 90.0 Å². The van der Waals surface area contributed by atoms with E-state index in [1.807, 2.05) is 0 Å². The van der Waals surface area contributed by atoms with E-state index in [0.29, 0.717) is 11.7 Å². The number of hydrogen-bond donors (Lipinski definition) is 1. The first-order valence-corrected chi connectivity index (χ1v) is 9.76. The maximum atomic E-state index is 12.9. The van der Waals surface area contributed by atoms with Crippen LogP contribution in [0.5, 0.6) is 0 Å². The smallest absolute Gasteiger partial charge is 0.223 e. The summed E-state index contributed by atoms with van der Waals surface area (Å²) in [7, 11) is 0. The first-order valence-electron chi connectivity index (χ1n) is 9.76. The lowest BCUT2D eigenvalue weighted by atomic mass is 9.79. The van der Waals surface area contributed by atoms with Gasteiger partial charge >= 0.3 is 0 Å². The molecule has 3 rings (SSSR count). The van der Waals surface area contributed by atoms with Crippen LogP contribution in [-0.2, 0) is 10.3 Å². The minimum Gasteiger partial charge on any atom is -0.343 e. The molecule has 0 atom stereocenters. The lowest BCUT2D eigenvalue weighted by Crippen LogP contribution is -2.47. The average molecular weight is 333 g/mol. The summed E-state index contributed by atoms with van der Waals surface area (Å²) in [5, 5.41) is 7.44. The predicted molar refractivity (Wildman–Crippen MR) is 92.3 cm³/mol. The van der Waals surface area contributed by atoms with Gasteiger partial charge in [0.25, 0.3) is 0 Å². The summed E-state index contributed by atoms with van der Waals surface area (Å²) in [6.07, 6.45) is 12.4. The molecule has 2 fully saturated rings. The van der Waals surface area contributed by atoms with Crippen molar-refractivity contribution in [3.05, 3.63) is 11.7 Å². The number of unbranched alkanes of at least 4 members (excludes halogenated alkanes) is 1. The summed E-state index contributed by atoms with van der Waals surface area (Å²) in [5.74, 6) is 2.43. The normalized spacial score (nSPS) is 26.4. The number of rotatable bonds is 6. The zero-order valence-corrected chi connectivity index (χ0v) is 15.1. The van der Waals surface area contributed by atoms with Crippen molar-refractivity contribution in [3.8, 4) is 0 Å². The van der Waals surface area contributed by atoms with Gasteiger partial charge < -0.3 is 9.84 Å². The minimum atomic E-state index is -0.395. The molecule has 5 nitrogen and oxygen atoms in total. The van der Waals surface area contributed by atoms with E-state index in [-0.39, 0.29) is 11.8 Å². The van der Waals surface area contributed by atoms with Crippen LogP contribution in [0.2, 0.25) is 0 Å². The Bertz CT molecular complexity index is 541. The highest BCUT2D eigenvalue weighted by Crippen LogP contribution is 2.39. The summed E-state index contributed by atoms with van der Waals surface area (Å²) in [5.41, 5.74) is -0.395. The molecule has 1 amide bonds. The molecule has 1 heterocycles. The second-order valence-electron chi connectivity index (χ2n) is 7.78. The van der Waals surface area contributed by atoms with Gasteiger partial charge in [-0.3, -0.25) is 4.79 Å². The van der Waals surface area contributed by atoms with Crippen molar-refractivity contribution in [3.63, 3.8) is 0 Å². The van der Waals surface area contributed by atoms with E-state index in [4.69, 9.17) is 4.52 Å². The number of carbonyl (C=O) groups is 1. The van der Waals surface area contributed by atoms with Crippen LogP contribution in [-0.4, -0.2) is 16.0 Å². The van der Waals surface area contributed by atoms with Crippen molar-refractivity contribution in [2.24, 2.45) is 11.8 Å². The van der Waals surface area contributed by atoms with Crippen molar-refractivity contribution >= 4 is 5.91 Å². The van der Waals surface area contributed by atoms with Gasteiger partial charge in [-0.2, -0.15) is 4.98 Å². The highest BCUT2D eigenvalue weighted by molar-refractivity contribution is 5.79. The van der Waals surface area contributed by atoms with E-state index in [1.165, 1.54) is 32.1 Å². The van der Waals surface area contributed by atoms with Gasteiger partial charge in [0.1, 0.15) is 5.54 Å². The number of hydrogen-bond acceptors (Lipinski definition) is 4. The number of nitrogens with one attached hydrogen (secondary N) is 1. The fraction of sp³-hybridized carbons (Fsp3) is 0.842. The first-order chi connectivity index (χ1) is 11.6. The molecule has 1 aromatic heterocycles. The molecule has 1 N–H and O–H groups in total. The fourth-order valence-corrected chi connectivity index (χ4v) is 4.42. The molecule has 0 saturated heterocycles. The standard InChI is InChI=1S/C19H31N3O2/c1-3-4-7-15-8-10-16(11-9-15)17(23)21-19(12-5-6-13-19)18-20-14(2)24-22-18/h15-16H,3-13H2,1-2H3,(H,21,23). The summed E-state index contributed by atoms with van der Waals surface area (Å²) in [6, 6.07) is 0. The Labute approximate surface area is 145 Å². The Hall–Kier alpha value is -1.39. The SMILES string of the molecule is CCCCC1CCC(C(=O)NC2(c3noc(C)n3)CCCC2)CC1. The predicted octanol–water partition coefficient (Wildman–Crippen LogP) is 4.26. The van der Waals surface area contributed by atoms with Gasteiger partial charge in [0, 0.05) is 12.8 Å². The third-order valence-electron chi connectivity index (χ3n) is 5.96. The highest BCUT2D eigenvalue weighted by Gasteiger charge is 2.42. The number of carbonyl (C=O) groups excluding carboxylic acids is 1. The number of aromatic nitrogens is 2. The second kappa shape index (κ2) is 7.66. The molecule has 0 bridgehead atoms. The largest absolute Gasteiger partial charge is 0.343 e. The summed E-state index contributed by atoms with van der Waals surface area (Å²) < 4.78 is 5.17. The Morgan fingerprint density at radius 3 is 2.54 bits per heavy atom. The number of aryl methyl sites for hydroxylation is 1. The van der Waals surface area contributed by atoms with E-state index in [9.17, 15) is 4.79 Å². The summed E-state index contributed by atoms with van der Waals surface area (Å²) >= 11 is 0. The Kier molecular flexibility index (Phi) is 5.57. The molecule has 0 aliphatic heterocycles. The zero-order valence-electron chi connectivity index (χ0n) is 15.1. The molecule has 0 unspecified atom stereocenters. The Balaban J connectivity index is 1.59. The lowest BCUT2D eigenvalue weighted by molar-refractivity contribution is -0.128. The molecule has 134 valence electrons. The Morgan fingerprint density at radius 1 is 1.25 bits per heavy atom. The molecule has 2 aliphatic carbocycles. The Morgan fingerprint density at radius 2 is 1.96 bits per heavy atom. The third kappa shape index (κ3) is 3.81. The van der Waals surface area contributed by atoms with E-state index in [1.54, 1.807) is 6.92 Å². The third-order valence-corrected chi connectivity index (χ3v) is 5.96. The van der Waals surface area contributed by atoms with Gasteiger partial charge in [-0.25, -0.2) is 0 Å². The van der Waals surface area contributed by atoms with E-state index >= 15 is 0 Å². The number of nitrogens with zero attached hydrogens (tertiary/aromatic N) is 2. The zero-order chi connectivity index (χ0) is 17.0. The van der Waals surface area contributed by atoms with Crippen LogP contribution < -0.4 is 5.32 Å². The molecule has 24 heavy (non-hydrogen) atoms. The molecule has 2 saturated carbocycles. The number of amides is 1. The molecular formula is C19H31N3O2. The minimum absolute atomic E-state index is 0.161. The molecule has 0 radical (unpaired) electrons. The fourth-order valence-electron chi connectivity index (χ4n) is 4.42. The van der Waals surface area contributed by atoms with E-state index < -0.39 is 5.54 Å². The lowest BCUT2D eigenvalue weighted by Gasteiger charge is -2.32. The van der Waals surface area contributed by atoms with Gasteiger partial charge in [-0.05, 0) is 44.4 Å².